The number of hydrogen-bond acceptors (Lipinski definition) is 8. The van der Waals surface area contributed by atoms with Crippen LogP contribution in [-0.2, 0) is 11.4 Å². The normalized spacial score (nSPS) is 17.3. The van der Waals surface area contributed by atoms with Crippen molar-refractivity contribution in [3.63, 3.8) is 0 Å². The molecule has 3 aromatic rings. The molecule has 0 radical (unpaired) electrons. The number of nitrogen functional groups attached to an aromatic ring is 1. The summed E-state index contributed by atoms with van der Waals surface area (Å²) < 4.78 is 31.5. The molecule has 0 aliphatic carbocycles. The van der Waals surface area contributed by atoms with Crippen LogP contribution in [-0.4, -0.2) is 51.2 Å². The second kappa shape index (κ2) is 10.4. The number of benzene rings is 2. The number of nitrogens with zero attached hydrogens (tertiary/aromatic N) is 4. The third-order valence-corrected chi connectivity index (χ3v) is 6.90. The lowest BCUT2D eigenvalue weighted by Gasteiger charge is -2.25. The first kappa shape index (κ1) is 23.3. The molecule has 0 saturated carbocycles. The van der Waals surface area contributed by atoms with E-state index in [1.54, 1.807) is 0 Å². The smallest absolute Gasteiger partial charge is 0.233 e. The number of ether oxygens (including phenoxy) is 3. The Kier molecular flexibility index (Phi) is 6.94. The summed E-state index contributed by atoms with van der Waals surface area (Å²) in [5.74, 6) is 8.35. The van der Waals surface area contributed by atoms with Crippen LogP contribution in [0, 0.1) is 5.82 Å². The zero-order valence-corrected chi connectivity index (χ0v) is 19.9. The molecule has 1 fully saturated rings. The molecular formula is C24H26FN5O4S. The highest BCUT2D eigenvalue weighted by Gasteiger charge is 2.31. The van der Waals surface area contributed by atoms with Crippen molar-refractivity contribution < 1.29 is 23.4 Å². The number of carbonyl (C=O) groups excluding carboxylic acids is 1. The molecule has 0 bridgehead atoms. The molecule has 3 heterocycles. The van der Waals surface area contributed by atoms with Crippen molar-refractivity contribution in [2.45, 2.75) is 37.1 Å². The van der Waals surface area contributed by atoms with Gasteiger partial charge in [-0.1, -0.05) is 17.8 Å². The fourth-order valence-corrected chi connectivity index (χ4v) is 4.95. The second-order valence-electron chi connectivity index (χ2n) is 8.30. The Bertz CT molecular complexity index is 1190. The number of hydrogen-bond donors (Lipinski definition) is 1. The number of fused-ring (bicyclic) bond motifs is 1. The molecule has 2 N–H and O–H groups in total. The van der Waals surface area contributed by atoms with E-state index in [2.05, 4.69) is 10.2 Å². The highest BCUT2D eigenvalue weighted by atomic mass is 32.2. The molecule has 2 aliphatic rings. The quantitative estimate of drug-likeness (QED) is 0.390. The van der Waals surface area contributed by atoms with Gasteiger partial charge in [-0.15, -0.1) is 10.2 Å². The number of carbonyl (C=O) groups is 1. The van der Waals surface area contributed by atoms with Gasteiger partial charge in [0, 0.05) is 13.0 Å². The van der Waals surface area contributed by atoms with Gasteiger partial charge in [0.1, 0.15) is 18.2 Å². The molecule has 184 valence electrons. The van der Waals surface area contributed by atoms with Crippen molar-refractivity contribution in [3.8, 4) is 17.2 Å². The first-order chi connectivity index (χ1) is 17.1. The van der Waals surface area contributed by atoms with E-state index < -0.39 is 0 Å². The standard InChI is InChI=1S/C24H26FN5O4S/c25-17-5-7-18(8-6-17)34-14-22-27-28-24(30(22)26)35-15-23(31)29-10-1-3-19(29)16-4-9-20-21(13-16)33-12-2-11-32-20/h4-9,13,19H,1-3,10-12,14-15,26H2. The van der Waals surface area contributed by atoms with Gasteiger partial charge in [0.15, 0.2) is 17.3 Å². The average Bonchev–Trinajstić information content (AvgIpc) is 3.42. The molecule has 1 aromatic heterocycles. The third-order valence-electron chi connectivity index (χ3n) is 5.97. The lowest BCUT2D eigenvalue weighted by atomic mass is 10.0. The summed E-state index contributed by atoms with van der Waals surface area (Å²) in [5.41, 5.74) is 1.05. The Morgan fingerprint density at radius 3 is 2.74 bits per heavy atom. The van der Waals surface area contributed by atoms with Crippen molar-refractivity contribution in [2.75, 3.05) is 31.4 Å². The Labute approximate surface area is 206 Å². The first-order valence-electron chi connectivity index (χ1n) is 11.5. The summed E-state index contributed by atoms with van der Waals surface area (Å²) in [6.07, 6.45) is 2.68. The first-order valence-corrected chi connectivity index (χ1v) is 12.5. The third kappa shape index (κ3) is 5.29. The number of nitrogens with two attached hydrogens (primary N) is 1. The molecule has 11 heteroatoms. The van der Waals surface area contributed by atoms with E-state index in [0.717, 1.165) is 36.3 Å². The molecule has 2 aliphatic heterocycles. The van der Waals surface area contributed by atoms with E-state index in [1.165, 1.54) is 40.7 Å². The van der Waals surface area contributed by atoms with Crippen molar-refractivity contribution in [2.24, 2.45) is 0 Å². The van der Waals surface area contributed by atoms with Crippen LogP contribution in [0.1, 0.15) is 36.7 Å². The minimum atomic E-state index is -0.340. The van der Waals surface area contributed by atoms with E-state index in [9.17, 15) is 9.18 Å². The summed E-state index contributed by atoms with van der Waals surface area (Å²) in [7, 11) is 0. The van der Waals surface area contributed by atoms with Crippen LogP contribution in [0.5, 0.6) is 17.2 Å². The monoisotopic (exact) mass is 499 g/mol. The number of halogens is 1. The lowest BCUT2D eigenvalue weighted by Crippen LogP contribution is -2.32. The molecule has 1 amide bonds. The van der Waals surface area contributed by atoms with E-state index in [0.29, 0.717) is 36.5 Å². The van der Waals surface area contributed by atoms with Crippen LogP contribution in [0.15, 0.2) is 47.6 Å². The van der Waals surface area contributed by atoms with E-state index in [-0.39, 0.29) is 30.1 Å². The van der Waals surface area contributed by atoms with Gasteiger partial charge in [0.25, 0.3) is 0 Å². The molecule has 1 unspecified atom stereocenters. The van der Waals surface area contributed by atoms with Crippen LogP contribution < -0.4 is 20.1 Å². The summed E-state index contributed by atoms with van der Waals surface area (Å²) in [5, 5.41) is 8.56. The SMILES string of the molecule is Nn1c(COc2ccc(F)cc2)nnc1SCC(=O)N1CCCC1c1ccc2c(c1)OCCCO2. The number of rotatable bonds is 7. The highest BCUT2D eigenvalue weighted by molar-refractivity contribution is 7.99. The number of thioether (sulfide) groups is 1. The molecule has 1 saturated heterocycles. The molecule has 2 aromatic carbocycles. The fraction of sp³-hybridized carbons (Fsp3) is 0.375. The minimum absolute atomic E-state index is 0.00401. The maximum atomic E-state index is 13.1. The molecule has 9 nitrogen and oxygen atoms in total. The van der Waals surface area contributed by atoms with Crippen LogP contribution in [0.2, 0.25) is 0 Å². The Balaban J connectivity index is 1.19. The molecule has 5 rings (SSSR count). The molecule has 1 atom stereocenters. The summed E-state index contributed by atoms with van der Waals surface area (Å²) in [6.45, 7) is 2.03. The van der Waals surface area contributed by atoms with Gasteiger partial charge in [-0.25, -0.2) is 9.07 Å². The number of aromatic nitrogens is 3. The van der Waals surface area contributed by atoms with E-state index in [4.69, 9.17) is 20.1 Å². The predicted molar refractivity (Wildman–Crippen MR) is 127 cm³/mol. The van der Waals surface area contributed by atoms with Gasteiger partial charge in [-0.3, -0.25) is 4.79 Å². The van der Waals surface area contributed by atoms with Gasteiger partial charge in [0.2, 0.25) is 11.1 Å². The number of amides is 1. The van der Waals surface area contributed by atoms with Gasteiger partial charge < -0.3 is 25.0 Å². The van der Waals surface area contributed by atoms with Crippen molar-refractivity contribution in [3.05, 3.63) is 59.7 Å². The zero-order chi connectivity index (χ0) is 24.2. The molecule has 35 heavy (non-hydrogen) atoms. The Morgan fingerprint density at radius 2 is 1.91 bits per heavy atom. The Morgan fingerprint density at radius 1 is 1.11 bits per heavy atom. The van der Waals surface area contributed by atoms with Crippen molar-refractivity contribution >= 4 is 17.7 Å². The van der Waals surface area contributed by atoms with Crippen LogP contribution in [0.4, 0.5) is 4.39 Å². The van der Waals surface area contributed by atoms with Gasteiger partial charge in [0.05, 0.1) is 25.0 Å². The Hall–Kier alpha value is -3.47. The van der Waals surface area contributed by atoms with Crippen LogP contribution in [0.3, 0.4) is 0 Å². The van der Waals surface area contributed by atoms with Crippen LogP contribution >= 0.6 is 11.8 Å². The zero-order valence-electron chi connectivity index (χ0n) is 19.1. The summed E-state index contributed by atoms with van der Waals surface area (Å²) in [6, 6.07) is 11.6. The minimum Gasteiger partial charge on any atom is -0.490 e. The van der Waals surface area contributed by atoms with Gasteiger partial charge >= 0.3 is 0 Å². The van der Waals surface area contributed by atoms with Crippen LogP contribution in [0.25, 0.3) is 0 Å². The highest BCUT2D eigenvalue weighted by Crippen LogP contribution is 2.38. The second-order valence-corrected chi connectivity index (χ2v) is 9.24. The lowest BCUT2D eigenvalue weighted by molar-refractivity contribution is -0.129. The van der Waals surface area contributed by atoms with Crippen molar-refractivity contribution in [1.29, 1.82) is 0 Å². The van der Waals surface area contributed by atoms with Gasteiger partial charge in [-0.2, -0.15) is 0 Å². The molecule has 0 spiro atoms. The molecular weight excluding hydrogens is 473 g/mol. The topological polar surface area (TPSA) is 105 Å². The van der Waals surface area contributed by atoms with Gasteiger partial charge in [-0.05, 0) is 54.8 Å². The van der Waals surface area contributed by atoms with E-state index in [1.807, 2.05) is 23.1 Å². The number of likely N-dealkylation sites (tertiary alicyclic amines) is 1. The van der Waals surface area contributed by atoms with Crippen molar-refractivity contribution in [1.82, 2.24) is 19.8 Å². The maximum absolute atomic E-state index is 13.1. The largest absolute Gasteiger partial charge is 0.490 e. The summed E-state index contributed by atoms with van der Waals surface area (Å²) >= 11 is 1.23. The maximum Gasteiger partial charge on any atom is 0.233 e. The average molecular weight is 500 g/mol. The van der Waals surface area contributed by atoms with E-state index >= 15 is 0 Å². The fourth-order valence-electron chi connectivity index (χ4n) is 4.19. The summed E-state index contributed by atoms with van der Waals surface area (Å²) in [4.78, 5) is 15.0. The predicted octanol–water partition coefficient (Wildman–Crippen LogP) is 3.33.